The summed E-state index contributed by atoms with van der Waals surface area (Å²) in [6, 6.07) is 0. The zero-order valence-electron chi connectivity index (χ0n) is 11.5. The summed E-state index contributed by atoms with van der Waals surface area (Å²) in [6.07, 6.45) is 6.89. The number of nitrogens with zero attached hydrogens (tertiary/aromatic N) is 3. The molecule has 0 atom stereocenters. The number of aryl methyl sites for hydroxylation is 1. The summed E-state index contributed by atoms with van der Waals surface area (Å²) in [5.74, 6) is -0.00931. The van der Waals surface area contributed by atoms with Crippen LogP contribution in [-0.2, 0) is 11.2 Å². The number of fused-ring (bicyclic) bond motifs is 1. The Morgan fingerprint density at radius 1 is 1.41 bits per heavy atom. The van der Waals surface area contributed by atoms with Gasteiger partial charge in [0.2, 0.25) is 4.96 Å². The molecule has 0 amide bonds. The van der Waals surface area contributed by atoms with E-state index in [0.717, 1.165) is 15.9 Å². The molecule has 2 aromatic heterocycles. The number of halogens is 1. The summed E-state index contributed by atoms with van der Waals surface area (Å²) < 4.78 is 2.19. The number of anilines is 1. The standard InChI is InChI=1S/C14H11BrN4O2S/c1-2-11-18-19-12(16)9(13(21)17-14(19)22-11)6-7-5-8(15)3-4-10(7)20/h3-6H,2,16H2,1H3/b7-6+. The highest BCUT2D eigenvalue weighted by molar-refractivity contribution is 9.11. The van der Waals surface area contributed by atoms with Crippen LogP contribution in [0.1, 0.15) is 17.5 Å². The lowest BCUT2D eigenvalue weighted by molar-refractivity contribution is -0.111. The van der Waals surface area contributed by atoms with Crippen LogP contribution in [-0.4, -0.2) is 20.4 Å². The number of carbonyl (C=O) groups is 1. The Bertz CT molecular complexity index is 936. The number of allylic oxidation sites excluding steroid dienone is 5. The second-order valence-corrected chi connectivity index (χ2v) is 6.54. The number of hydrogen-bond donors (Lipinski definition) is 1. The Balaban J connectivity index is 2.21. The Kier molecular flexibility index (Phi) is 3.79. The van der Waals surface area contributed by atoms with Gasteiger partial charge in [-0.25, -0.2) is 0 Å². The van der Waals surface area contributed by atoms with Crippen LogP contribution in [0.4, 0.5) is 5.82 Å². The molecule has 2 aromatic rings. The monoisotopic (exact) mass is 378 g/mol. The lowest BCUT2D eigenvalue weighted by Gasteiger charge is -2.05. The highest BCUT2D eigenvalue weighted by Gasteiger charge is 2.15. The van der Waals surface area contributed by atoms with Gasteiger partial charge in [-0.2, -0.15) is 14.6 Å². The SMILES string of the molecule is CCc1nn2c(N)c(/C=C3\C=C(Br)C=CC3=O)c(=O)nc2s1. The minimum absolute atomic E-state index is 0.167. The van der Waals surface area contributed by atoms with Gasteiger partial charge in [0, 0.05) is 10.1 Å². The molecule has 0 saturated heterocycles. The first-order chi connectivity index (χ1) is 10.5. The number of ketones is 1. The van der Waals surface area contributed by atoms with Crippen molar-refractivity contribution >= 4 is 49.9 Å². The van der Waals surface area contributed by atoms with E-state index in [-0.39, 0.29) is 17.2 Å². The second kappa shape index (κ2) is 5.62. The second-order valence-electron chi connectivity index (χ2n) is 4.59. The van der Waals surface area contributed by atoms with Gasteiger partial charge < -0.3 is 5.73 Å². The fraction of sp³-hybridized carbons (Fsp3) is 0.143. The van der Waals surface area contributed by atoms with E-state index in [9.17, 15) is 9.59 Å². The van der Waals surface area contributed by atoms with Crippen LogP contribution in [0.2, 0.25) is 0 Å². The molecule has 6 nitrogen and oxygen atoms in total. The van der Waals surface area contributed by atoms with Crippen molar-refractivity contribution in [2.45, 2.75) is 13.3 Å². The largest absolute Gasteiger partial charge is 0.383 e. The molecule has 0 saturated carbocycles. The fourth-order valence-corrected chi connectivity index (χ4v) is 3.20. The number of nitrogen functional groups attached to an aromatic ring is 1. The molecule has 22 heavy (non-hydrogen) atoms. The molecule has 0 fully saturated rings. The molecule has 2 N–H and O–H groups in total. The Hall–Kier alpha value is -2.06. The highest BCUT2D eigenvalue weighted by atomic mass is 79.9. The molecule has 3 rings (SSSR count). The van der Waals surface area contributed by atoms with Gasteiger partial charge in [-0.05, 0) is 30.7 Å². The first-order valence-corrected chi connectivity index (χ1v) is 8.10. The smallest absolute Gasteiger partial charge is 0.283 e. The van der Waals surface area contributed by atoms with Gasteiger partial charge in [0.1, 0.15) is 10.8 Å². The van der Waals surface area contributed by atoms with Crippen molar-refractivity contribution in [1.82, 2.24) is 14.6 Å². The van der Waals surface area contributed by atoms with E-state index < -0.39 is 5.56 Å². The summed E-state index contributed by atoms with van der Waals surface area (Å²) in [4.78, 5) is 28.5. The minimum Gasteiger partial charge on any atom is -0.383 e. The first kappa shape index (κ1) is 14.9. The van der Waals surface area contributed by atoms with Crippen molar-refractivity contribution < 1.29 is 4.79 Å². The average Bonchev–Trinajstić information content (AvgIpc) is 2.90. The molecule has 0 bridgehead atoms. The fourth-order valence-electron chi connectivity index (χ4n) is 1.99. The average molecular weight is 379 g/mol. The predicted molar refractivity (Wildman–Crippen MR) is 90.1 cm³/mol. The van der Waals surface area contributed by atoms with Crippen molar-refractivity contribution in [3.8, 4) is 0 Å². The van der Waals surface area contributed by atoms with Crippen LogP contribution in [0.3, 0.4) is 0 Å². The zero-order valence-corrected chi connectivity index (χ0v) is 13.9. The predicted octanol–water partition coefficient (Wildman–Crippen LogP) is 2.10. The van der Waals surface area contributed by atoms with Gasteiger partial charge in [0.25, 0.3) is 5.56 Å². The minimum atomic E-state index is -0.469. The van der Waals surface area contributed by atoms with E-state index in [4.69, 9.17) is 5.73 Å². The number of carbonyl (C=O) groups excluding carboxylic acids is 1. The van der Waals surface area contributed by atoms with E-state index in [1.807, 2.05) is 6.92 Å². The van der Waals surface area contributed by atoms with Crippen molar-refractivity contribution in [3.05, 3.63) is 49.2 Å². The maximum Gasteiger partial charge on any atom is 0.283 e. The highest BCUT2D eigenvalue weighted by Crippen LogP contribution is 2.22. The normalized spacial score (nSPS) is 16.5. The van der Waals surface area contributed by atoms with Gasteiger partial charge >= 0.3 is 0 Å². The molecule has 8 heteroatoms. The van der Waals surface area contributed by atoms with Crippen molar-refractivity contribution in [3.63, 3.8) is 0 Å². The van der Waals surface area contributed by atoms with E-state index in [1.165, 1.54) is 28.0 Å². The lowest BCUT2D eigenvalue weighted by Crippen LogP contribution is -2.17. The summed E-state index contributed by atoms with van der Waals surface area (Å²) in [6.45, 7) is 1.96. The molecule has 0 aliphatic heterocycles. The van der Waals surface area contributed by atoms with Crippen molar-refractivity contribution in [2.24, 2.45) is 0 Å². The number of rotatable bonds is 2. The molecular formula is C14H11BrN4O2S. The van der Waals surface area contributed by atoms with Gasteiger partial charge in [0.05, 0.1) is 5.56 Å². The van der Waals surface area contributed by atoms with Gasteiger partial charge in [0.15, 0.2) is 5.78 Å². The van der Waals surface area contributed by atoms with Crippen molar-refractivity contribution in [2.75, 3.05) is 5.73 Å². The molecule has 0 radical (unpaired) electrons. The summed E-state index contributed by atoms with van der Waals surface area (Å²) in [5, 5.41) is 5.15. The van der Waals surface area contributed by atoms with E-state index in [0.29, 0.717) is 10.5 Å². The Morgan fingerprint density at radius 2 is 2.18 bits per heavy atom. The lowest BCUT2D eigenvalue weighted by atomic mass is 10.0. The molecule has 0 unspecified atom stereocenters. The molecule has 1 aliphatic carbocycles. The van der Waals surface area contributed by atoms with Crippen LogP contribution in [0.15, 0.2) is 33.1 Å². The van der Waals surface area contributed by atoms with Crippen LogP contribution < -0.4 is 11.3 Å². The quantitative estimate of drug-likeness (QED) is 0.807. The van der Waals surface area contributed by atoms with Crippen LogP contribution >= 0.6 is 27.3 Å². The third kappa shape index (κ3) is 2.55. The summed E-state index contributed by atoms with van der Waals surface area (Å²) >= 11 is 4.62. The van der Waals surface area contributed by atoms with Gasteiger partial charge in [-0.1, -0.05) is 34.2 Å². The maximum atomic E-state index is 12.2. The van der Waals surface area contributed by atoms with E-state index in [2.05, 4.69) is 26.0 Å². The molecule has 1 aliphatic rings. The molecule has 2 heterocycles. The van der Waals surface area contributed by atoms with Gasteiger partial charge in [-0.15, -0.1) is 0 Å². The number of hydrogen-bond acceptors (Lipinski definition) is 6. The van der Waals surface area contributed by atoms with Gasteiger partial charge in [-0.3, -0.25) is 9.59 Å². The number of nitrogens with two attached hydrogens (primary N) is 1. The Morgan fingerprint density at radius 3 is 2.91 bits per heavy atom. The third-order valence-corrected chi connectivity index (χ3v) is 4.65. The zero-order chi connectivity index (χ0) is 15.9. The first-order valence-electron chi connectivity index (χ1n) is 6.49. The molecule has 112 valence electrons. The summed E-state index contributed by atoms with van der Waals surface area (Å²) in [7, 11) is 0. The van der Waals surface area contributed by atoms with Crippen LogP contribution in [0, 0.1) is 0 Å². The van der Waals surface area contributed by atoms with E-state index >= 15 is 0 Å². The summed E-state index contributed by atoms with van der Waals surface area (Å²) in [5.41, 5.74) is 6.11. The topological polar surface area (TPSA) is 90.4 Å². The van der Waals surface area contributed by atoms with Crippen LogP contribution in [0.25, 0.3) is 11.0 Å². The Labute approximate surface area is 137 Å². The maximum absolute atomic E-state index is 12.2. The van der Waals surface area contributed by atoms with Crippen LogP contribution in [0.5, 0.6) is 0 Å². The molecule has 0 spiro atoms. The van der Waals surface area contributed by atoms with E-state index in [1.54, 1.807) is 12.2 Å². The van der Waals surface area contributed by atoms with Crippen molar-refractivity contribution in [1.29, 1.82) is 0 Å². The molecule has 0 aromatic carbocycles. The third-order valence-electron chi connectivity index (χ3n) is 3.11. The number of aromatic nitrogens is 3. The molecular weight excluding hydrogens is 368 g/mol.